The minimum absolute atomic E-state index is 0.0669. The zero-order valence-electron chi connectivity index (χ0n) is 15.5. The van der Waals surface area contributed by atoms with Crippen LogP contribution in [0.25, 0.3) is 11.3 Å². The second-order valence-electron chi connectivity index (χ2n) is 5.84. The Bertz CT molecular complexity index is 968. The van der Waals surface area contributed by atoms with Crippen molar-refractivity contribution in [2.75, 3.05) is 25.6 Å². The summed E-state index contributed by atoms with van der Waals surface area (Å²) in [5.74, 6) is 0.556. The van der Waals surface area contributed by atoms with Gasteiger partial charge in [-0.25, -0.2) is 9.18 Å². The Balaban J connectivity index is 1.43. The molecular weight excluding hydrogens is 399 g/mol. The number of nitrogens with zero attached hydrogens (tertiary/aromatic N) is 2. The molecule has 2 N–H and O–H groups in total. The number of rotatable bonds is 7. The van der Waals surface area contributed by atoms with Gasteiger partial charge in [-0.05, 0) is 48.5 Å². The van der Waals surface area contributed by atoms with Crippen molar-refractivity contribution >= 4 is 23.3 Å². The van der Waals surface area contributed by atoms with E-state index in [4.69, 9.17) is 21.1 Å². The largest absolute Gasteiger partial charge is 0.497 e. The van der Waals surface area contributed by atoms with Gasteiger partial charge in [0.2, 0.25) is 5.88 Å². The predicted octanol–water partition coefficient (Wildman–Crippen LogP) is 4.15. The van der Waals surface area contributed by atoms with Gasteiger partial charge in [0, 0.05) is 17.3 Å². The summed E-state index contributed by atoms with van der Waals surface area (Å²) in [4.78, 5) is 11.8. The summed E-state index contributed by atoms with van der Waals surface area (Å²) in [6.45, 7) is 0.441. The third-order valence-electron chi connectivity index (χ3n) is 3.84. The van der Waals surface area contributed by atoms with Gasteiger partial charge in [-0.15, -0.1) is 10.2 Å². The van der Waals surface area contributed by atoms with E-state index in [1.165, 1.54) is 18.2 Å². The van der Waals surface area contributed by atoms with E-state index in [0.717, 1.165) is 11.3 Å². The summed E-state index contributed by atoms with van der Waals surface area (Å²) in [5.41, 5.74) is 1.99. The third-order valence-corrected chi connectivity index (χ3v) is 4.13. The number of ether oxygens (including phenoxy) is 2. The van der Waals surface area contributed by atoms with Crippen molar-refractivity contribution < 1.29 is 18.7 Å². The van der Waals surface area contributed by atoms with Gasteiger partial charge in [-0.2, -0.15) is 0 Å². The highest BCUT2D eigenvalue weighted by Gasteiger charge is 2.06. The number of aromatic nitrogens is 2. The summed E-state index contributed by atoms with van der Waals surface area (Å²) in [6.07, 6.45) is 0. The van der Waals surface area contributed by atoms with Crippen LogP contribution < -0.4 is 20.1 Å². The van der Waals surface area contributed by atoms with E-state index in [0.29, 0.717) is 17.3 Å². The number of halogens is 2. The lowest BCUT2D eigenvalue weighted by molar-refractivity contribution is 0.246. The molecule has 0 saturated carbocycles. The van der Waals surface area contributed by atoms with Crippen molar-refractivity contribution in [3.05, 3.63) is 65.4 Å². The number of urea groups is 1. The number of amides is 2. The van der Waals surface area contributed by atoms with Gasteiger partial charge in [-0.1, -0.05) is 11.6 Å². The predicted molar refractivity (Wildman–Crippen MR) is 108 cm³/mol. The molecule has 2 aromatic carbocycles. The molecule has 0 fully saturated rings. The fraction of sp³-hybridized carbons (Fsp3) is 0.150. The Hall–Kier alpha value is -3.39. The lowest BCUT2D eigenvalue weighted by Crippen LogP contribution is -2.32. The summed E-state index contributed by atoms with van der Waals surface area (Å²) < 4.78 is 23.7. The topological polar surface area (TPSA) is 85.4 Å². The van der Waals surface area contributed by atoms with Crippen LogP contribution in [0, 0.1) is 5.82 Å². The Labute approximate surface area is 171 Å². The van der Waals surface area contributed by atoms with Crippen molar-refractivity contribution in [3.8, 4) is 22.9 Å². The van der Waals surface area contributed by atoms with Crippen LogP contribution in [0.1, 0.15) is 0 Å². The maximum absolute atomic E-state index is 13.1. The number of carbonyl (C=O) groups is 1. The van der Waals surface area contributed by atoms with Gasteiger partial charge in [0.05, 0.1) is 24.4 Å². The molecular formula is C20H18ClFN4O3. The van der Waals surface area contributed by atoms with Gasteiger partial charge < -0.3 is 20.1 Å². The van der Waals surface area contributed by atoms with Crippen LogP contribution in [0.15, 0.2) is 54.6 Å². The highest BCUT2D eigenvalue weighted by molar-refractivity contribution is 6.31. The number of methoxy groups -OCH3 is 1. The molecule has 0 aliphatic rings. The first-order chi connectivity index (χ1) is 14.0. The number of hydrogen-bond donors (Lipinski definition) is 2. The smallest absolute Gasteiger partial charge is 0.319 e. The van der Waals surface area contributed by atoms with Crippen molar-refractivity contribution in [1.29, 1.82) is 0 Å². The molecule has 0 aliphatic carbocycles. The molecule has 1 heterocycles. The molecule has 150 valence electrons. The minimum Gasteiger partial charge on any atom is -0.497 e. The zero-order valence-corrected chi connectivity index (χ0v) is 16.2. The van der Waals surface area contributed by atoms with Crippen LogP contribution in [0.4, 0.5) is 14.9 Å². The van der Waals surface area contributed by atoms with E-state index < -0.39 is 11.8 Å². The van der Waals surface area contributed by atoms with E-state index in [1.807, 2.05) is 24.3 Å². The van der Waals surface area contributed by atoms with Gasteiger partial charge in [-0.3, -0.25) is 0 Å². The third kappa shape index (κ3) is 5.79. The second kappa shape index (κ2) is 9.70. The Morgan fingerprint density at radius 2 is 1.90 bits per heavy atom. The Kier molecular flexibility index (Phi) is 6.80. The molecule has 0 atom stereocenters. The normalized spacial score (nSPS) is 10.3. The first-order valence-electron chi connectivity index (χ1n) is 8.66. The van der Waals surface area contributed by atoms with Crippen LogP contribution in [0.5, 0.6) is 11.6 Å². The quantitative estimate of drug-likeness (QED) is 0.565. The van der Waals surface area contributed by atoms with Crippen LogP contribution in [0.2, 0.25) is 5.02 Å². The molecule has 2 amide bonds. The van der Waals surface area contributed by atoms with Crippen molar-refractivity contribution in [2.24, 2.45) is 0 Å². The van der Waals surface area contributed by atoms with E-state index in [-0.39, 0.29) is 18.2 Å². The van der Waals surface area contributed by atoms with Crippen LogP contribution in [-0.4, -0.2) is 36.5 Å². The maximum Gasteiger partial charge on any atom is 0.319 e. The Morgan fingerprint density at radius 1 is 1.10 bits per heavy atom. The highest BCUT2D eigenvalue weighted by Crippen LogP contribution is 2.21. The number of benzene rings is 2. The average Bonchev–Trinajstić information content (AvgIpc) is 2.74. The SMILES string of the molecule is COc1ccc(-c2ccc(OCCNC(=O)Nc3ccc(F)c(Cl)c3)nn2)cc1. The second-order valence-corrected chi connectivity index (χ2v) is 6.25. The van der Waals surface area contributed by atoms with Gasteiger partial charge in [0.25, 0.3) is 0 Å². The first kappa shape index (κ1) is 20.3. The molecule has 0 radical (unpaired) electrons. The fourth-order valence-corrected chi connectivity index (χ4v) is 2.56. The van der Waals surface area contributed by atoms with Crippen LogP contribution in [0.3, 0.4) is 0 Å². The maximum atomic E-state index is 13.1. The zero-order chi connectivity index (χ0) is 20.6. The molecule has 0 spiro atoms. The molecule has 7 nitrogen and oxygen atoms in total. The van der Waals surface area contributed by atoms with E-state index in [2.05, 4.69) is 20.8 Å². The molecule has 0 saturated heterocycles. The molecule has 3 rings (SSSR count). The molecule has 0 aliphatic heterocycles. The first-order valence-corrected chi connectivity index (χ1v) is 9.04. The van der Waals surface area contributed by atoms with Crippen molar-refractivity contribution in [3.63, 3.8) is 0 Å². The van der Waals surface area contributed by atoms with Crippen molar-refractivity contribution in [1.82, 2.24) is 15.5 Å². The van der Waals surface area contributed by atoms with Crippen LogP contribution in [-0.2, 0) is 0 Å². The Morgan fingerprint density at radius 3 is 2.55 bits per heavy atom. The summed E-state index contributed by atoms with van der Waals surface area (Å²) in [7, 11) is 1.61. The lowest BCUT2D eigenvalue weighted by Gasteiger charge is -2.09. The average molecular weight is 417 g/mol. The van der Waals surface area contributed by atoms with Crippen molar-refractivity contribution in [2.45, 2.75) is 0 Å². The number of carbonyl (C=O) groups excluding carboxylic acids is 1. The van der Waals surface area contributed by atoms with E-state index in [1.54, 1.807) is 19.2 Å². The van der Waals surface area contributed by atoms with Crippen LogP contribution >= 0.6 is 11.6 Å². The van der Waals surface area contributed by atoms with E-state index >= 15 is 0 Å². The number of hydrogen-bond acceptors (Lipinski definition) is 5. The summed E-state index contributed by atoms with van der Waals surface area (Å²) in [6, 6.07) is 14.4. The van der Waals surface area contributed by atoms with Gasteiger partial charge in [0.1, 0.15) is 18.2 Å². The summed E-state index contributed by atoms with van der Waals surface area (Å²) in [5, 5.41) is 13.2. The van der Waals surface area contributed by atoms with E-state index in [9.17, 15) is 9.18 Å². The molecule has 0 bridgehead atoms. The summed E-state index contributed by atoms with van der Waals surface area (Å²) >= 11 is 5.67. The molecule has 1 aromatic heterocycles. The molecule has 0 unspecified atom stereocenters. The number of nitrogens with one attached hydrogen (secondary N) is 2. The highest BCUT2D eigenvalue weighted by atomic mass is 35.5. The fourth-order valence-electron chi connectivity index (χ4n) is 2.38. The van der Waals surface area contributed by atoms with Gasteiger partial charge >= 0.3 is 6.03 Å². The standard InChI is InChI=1S/C20H18ClFN4O3/c1-28-15-5-2-13(3-6-15)18-8-9-19(26-25-18)29-11-10-23-20(27)24-14-4-7-17(22)16(21)12-14/h2-9,12H,10-11H2,1H3,(H2,23,24,27). The molecule has 9 heteroatoms. The molecule has 29 heavy (non-hydrogen) atoms. The monoisotopic (exact) mass is 416 g/mol. The lowest BCUT2D eigenvalue weighted by atomic mass is 10.1. The molecule has 3 aromatic rings. The minimum atomic E-state index is -0.551. The van der Waals surface area contributed by atoms with Gasteiger partial charge in [0.15, 0.2) is 0 Å². The number of anilines is 1.